The van der Waals surface area contributed by atoms with Gasteiger partial charge in [0.05, 0.1) is 20.6 Å². The van der Waals surface area contributed by atoms with E-state index in [-0.39, 0.29) is 5.82 Å². The molecule has 0 aliphatic carbocycles. The third-order valence-electron chi connectivity index (χ3n) is 3.49. The Labute approximate surface area is 118 Å². The van der Waals surface area contributed by atoms with Crippen molar-refractivity contribution in [2.24, 2.45) is 0 Å². The quantitative estimate of drug-likeness (QED) is 0.794. The van der Waals surface area contributed by atoms with Crippen LogP contribution in [0.2, 0.25) is 0 Å². The highest BCUT2D eigenvalue weighted by atomic mass is 127. The highest BCUT2D eigenvalue weighted by molar-refractivity contribution is 14.1. The molecule has 0 spiro atoms. The van der Waals surface area contributed by atoms with Crippen molar-refractivity contribution >= 4 is 39.6 Å². The van der Waals surface area contributed by atoms with Gasteiger partial charge in [0.2, 0.25) is 5.95 Å². The Kier molecular flexibility index (Phi) is 2.93. The number of rotatable bonds is 1. The van der Waals surface area contributed by atoms with Crippen LogP contribution in [0.25, 0.3) is 11.0 Å². The third-order valence-corrected chi connectivity index (χ3v) is 4.32. The number of likely N-dealkylation sites (N-methyl/N-ethyl adjacent to an activating group) is 1. The molecular weight excluding hydrogens is 346 g/mol. The Bertz CT molecular complexity index is 610. The van der Waals surface area contributed by atoms with Gasteiger partial charge < -0.3 is 15.2 Å². The molecule has 3 rings (SSSR count). The molecule has 2 aromatic rings. The molecule has 0 radical (unpaired) electrons. The maximum atomic E-state index is 13.7. The number of halogens is 2. The van der Waals surface area contributed by atoms with Crippen LogP contribution in [0.5, 0.6) is 0 Å². The highest BCUT2D eigenvalue weighted by Crippen LogP contribution is 2.30. The average Bonchev–Trinajstić information content (AvgIpc) is 2.83. The number of nitrogens with two attached hydrogens (primary N) is 1. The zero-order valence-corrected chi connectivity index (χ0v) is 12.2. The summed E-state index contributed by atoms with van der Waals surface area (Å²) in [5, 5.41) is 0. The Morgan fingerprint density at radius 2 is 2.28 bits per heavy atom. The Morgan fingerprint density at radius 1 is 1.50 bits per heavy atom. The minimum Gasteiger partial charge on any atom is -0.369 e. The molecule has 2 N–H and O–H groups in total. The van der Waals surface area contributed by atoms with Gasteiger partial charge in [-0.05, 0) is 48.7 Å². The van der Waals surface area contributed by atoms with Crippen LogP contribution in [0.15, 0.2) is 12.1 Å². The molecular formula is C12H14FIN4. The number of likely N-dealkylation sites (tertiary alicyclic amines) is 1. The molecule has 6 heteroatoms. The van der Waals surface area contributed by atoms with Crippen molar-refractivity contribution in [3.05, 3.63) is 21.5 Å². The number of anilines is 1. The Balaban J connectivity index is 2.16. The molecule has 1 aromatic heterocycles. The predicted molar refractivity (Wildman–Crippen MR) is 78.0 cm³/mol. The number of benzene rings is 1. The average molecular weight is 360 g/mol. The fourth-order valence-electron chi connectivity index (χ4n) is 2.62. The third kappa shape index (κ3) is 1.87. The molecule has 2 heterocycles. The summed E-state index contributed by atoms with van der Waals surface area (Å²) in [7, 11) is 2.08. The van der Waals surface area contributed by atoms with E-state index in [0.29, 0.717) is 15.6 Å². The van der Waals surface area contributed by atoms with Gasteiger partial charge in [0, 0.05) is 12.6 Å². The zero-order valence-electron chi connectivity index (χ0n) is 10.0. The van der Waals surface area contributed by atoms with Gasteiger partial charge in [0.15, 0.2) is 0 Å². The first-order valence-corrected chi connectivity index (χ1v) is 6.95. The molecule has 18 heavy (non-hydrogen) atoms. The van der Waals surface area contributed by atoms with Crippen LogP contribution in [-0.2, 0) is 0 Å². The van der Waals surface area contributed by atoms with Crippen molar-refractivity contribution in [3.63, 3.8) is 0 Å². The van der Waals surface area contributed by atoms with E-state index < -0.39 is 0 Å². The van der Waals surface area contributed by atoms with Crippen LogP contribution in [0, 0.1) is 9.39 Å². The first-order valence-electron chi connectivity index (χ1n) is 5.87. The van der Waals surface area contributed by atoms with Gasteiger partial charge in [-0.15, -0.1) is 0 Å². The van der Waals surface area contributed by atoms with Gasteiger partial charge in [-0.1, -0.05) is 0 Å². The largest absolute Gasteiger partial charge is 0.369 e. The van der Waals surface area contributed by atoms with Crippen molar-refractivity contribution < 1.29 is 4.39 Å². The van der Waals surface area contributed by atoms with Gasteiger partial charge in [-0.25, -0.2) is 9.37 Å². The number of aromatic nitrogens is 2. The molecule has 96 valence electrons. The maximum absolute atomic E-state index is 13.7. The number of hydrogen-bond acceptors (Lipinski definition) is 3. The number of nitrogens with zero attached hydrogens (tertiary/aromatic N) is 3. The van der Waals surface area contributed by atoms with Crippen LogP contribution in [0.1, 0.15) is 12.5 Å². The molecule has 0 amide bonds. The summed E-state index contributed by atoms with van der Waals surface area (Å²) in [6.45, 7) is 1.97. The molecule has 1 atom stereocenters. The van der Waals surface area contributed by atoms with Crippen LogP contribution in [0.4, 0.5) is 10.3 Å². The SMILES string of the molecule is CN1CCC(n2c(N)nc3cc(I)c(F)cc32)C1. The number of nitrogen functional groups attached to an aromatic ring is 1. The van der Waals surface area contributed by atoms with Gasteiger partial charge in [0.25, 0.3) is 0 Å². The summed E-state index contributed by atoms with van der Waals surface area (Å²) < 4.78 is 16.2. The molecule has 4 nitrogen and oxygen atoms in total. The molecule has 1 aromatic carbocycles. The Hall–Kier alpha value is -0.890. The molecule has 1 aliphatic heterocycles. The number of hydrogen-bond donors (Lipinski definition) is 1. The first-order chi connectivity index (χ1) is 8.56. The van der Waals surface area contributed by atoms with Gasteiger partial charge in [0.1, 0.15) is 5.82 Å². The lowest BCUT2D eigenvalue weighted by molar-refractivity contribution is 0.395. The van der Waals surface area contributed by atoms with Gasteiger partial charge >= 0.3 is 0 Å². The molecule has 1 saturated heterocycles. The van der Waals surface area contributed by atoms with E-state index in [9.17, 15) is 4.39 Å². The predicted octanol–water partition coefficient (Wildman–Crippen LogP) is 2.24. The summed E-state index contributed by atoms with van der Waals surface area (Å²) in [5.41, 5.74) is 7.56. The van der Waals surface area contributed by atoms with E-state index in [0.717, 1.165) is 30.5 Å². The lowest BCUT2D eigenvalue weighted by Crippen LogP contribution is -2.17. The molecule has 0 saturated carbocycles. The Morgan fingerprint density at radius 3 is 2.94 bits per heavy atom. The zero-order chi connectivity index (χ0) is 12.9. The summed E-state index contributed by atoms with van der Waals surface area (Å²) in [5.74, 6) is 0.266. The van der Waals surface area contributed by atoms with Gasteiger partial charge in [-0.2, -0.15) is 0 Å². The van der Waals surface area contributed by atoms with Gasteiger partial charge in [-0.3, -0.25) is 0 Å². The van der Waals surface area contributed by atoms with Crippen molar-refractivity contribution in [2.45, 2.75) is 12.5 Å². The summed E-state index contributed by atoms with van der Waals surface area (Å²) in [4.78, 5) is 6.58. The summed E-state index contributed by atoms with van der Waals surface area (Å²) >= 11 is 1.97. The molecule has 1 aliphatic rings. The fraction of sp³-hybridized carbons (Fsp3) is 0.417. The maximum Gasteiger partial charge on any atom is 0.201 e. The van der Waals surface area contributed by atoms with Crippen LogP contribution in [0.3, 0.4) is 0 Å². The molecule has 0 bridgehead atoms. The second-order valence-corrected chi connectivity index (χ2v) is 5.96. The number of imidazole rings is 1. The minimum atomic E-state index is -0.212. The van der Waals surface area contributed by atoms with Crippen molar-refractivity contribution in [1.82, 2.24) is 14.5 Å². The van der Waals surface area contributed by atoms with E-state index in [1.165, 1.54) is 0 Å². The van der Waals surface area contributed by atoms with Crippen LogP contribution in [-0.4, -0.2) is 34.6 Å². The second-order valence-electron chi connectivity index (χ2n) is 4.80. The van der Waals surface area contributed by atoms with Crippen LogP contribution >= 0.6 is 22.6 Å². The lowest BCUT2D eigenvalue weighted by atomic mass is 10.2. The second kappa shape index (κ2) is 4.34. The summed E-state index contributed by atoms with van der Waals surface area (Å²) in [6, 6.07) is 3.58. The highest BCUT2D eigenvalue weighted by Gasteiger charge is 2.25. The van der Waals surface area contributed by atoms with E-state index in [1.54, 1.807) is 12.1 Å². The van der Waals surface area contributed by atoms with E-state index in [2.05, 4.69) is 16.9 Å². The molecule has 1 fully saturated rings. The van der Waals surface area contributed by atoms with E-state index >= 15 is 0 Å². The standard InChI is InChI=1S/C12H14FIN4/c1-17-3-2-7(6-17)18-11-4-8(13)9(14)5-10(11)16-12(18)15/h4-5,7H,2-3,6H2,1H3,(H2,15,16). The lowest BCUT2D eigenvalue weighted by Gasteiger charge is -2.15. The monoisotopic (exact) mass is 360 g/mol. The van der Waals surface area contributed by atoms with E-state index in [1.807, 2.05) is 27.2 Å². The van der Waals surface area contributed by atoms with E-state index in [4.69, 9.17) is 5.73 Å². The smallest absolute Gasteiger partial charge is 0.201 e. The first kappa shape index (κ1) is 12.2. The topological polar surface area (TPSA) is 47.1 Å². The molecule has 1 unspecified atom stereocenters. The number of fused-ring (bicyclic) bond motifs is 1. The fourth-order valence-corrected chi connectivity index (χ4v) is 3.07. The van der Waals surface area contributed by atoms with Crippen molar-refractivity contribution in [3.8, 4) is 0 Å². The normalized spacial score (nSPS) is 20.9. The summed E-state index contributed by atoms with van der Waals surface area (Å²) in [6.07, 6.45) is 1.03. The minimum absolute atomic E-state index is 0.212. The van der Waals surface area contributed by atoms with Crippen molar-refractivity contribution in [1.29, 1.82) is 0 Å². The van der Waals surface area contributed by atoms with Crippen molar-refractivity contribution in [2.75, 3.05) is 25.9 Å². The van der Waals surface area contributed by atoms with Crippen LogP contribution < -0.4 is 5.73 Å².